The normalized spacial score (nSPS) is 13.5. The van der Waals surface area contributed by atoms with Crippen molar-refractivity contribution < 1.29 is 9.53 Å². The summed E-state index contributed by atoms with van der Waals surface area (Å²) in [5.74, 6) is 0.213. The van der Waals surface area contributed by atoms with Gasteiger partial charge in [0.15, 0.2) is 0 Å². The van der Waals surface area contributed by atoms with E-state index in [0.717, 1.165) is 0 Å². The molecule has 0 saturated carbocycles. The van der Waals surface area contributed by atoms with E-state index in [1.54, 1.807) is 0 Å². The van der Waals surface area contributed by atoms with Gasteiger partial charge < -0.3 is 10.1 Å². The second-order valence-electron chi connectivity index (χ2n) is 3.78. The SMILES string of the molecule is CCOC(C(=O)NC(C)C)C(C)C. The first-order valence-corrected chi connectivity index (χ1v) is 4.91. The van der Waals surface area contributed by atoms with E-state index in [2.05, 4.69) is 5.32 Å². The lowest BCUT2D eigenvalue weighted by atomic mass is 10.1. The molecule has 0 aromatic carbocycles. The molecule has 0 aromatic rings. The Morgan fingerprint density at radius 3 is 2.15 bits per heavy atom. The van der Waals surface area contributed by atoms with Gasteiger partial charge in [-0.05, 0) is 26.7 Å². The Hall–Kier alpha value is -0.570. The summed E-state index contributed by atoms with van der Waals surface area (Å²) in [5.41, 5.74) is 0. The van der Waals surface area contributed by atoms with Gasteiger partial charge in [0.05, 0.1) is 0 Å². The summed E-state index contributed by atoms with van der Waals surface area (Å²) in [4.78, 5) is 11.5. The second-order valence-corrected chi connectivity index (χ2v) is 3.78. The fourth-order valence-corrected chi connectivity index (χ4v) is 1.12. The zero-order valence-electron chi connectivity index (χ0n) is 9.26. The van der Waals surface area contributed by atoms with E-state index >= 15 is 0 Å². The molecule has 0 heterocycles. The van der Waals surface area contributed by atoms with Gasteiger partial charge in [0.2, 0.25) is 5.91 Å². The van der Waals surface area contributed by atoms with Crippen molar-refractivity contribution in [2.24, 2.45) is 5.92 Å². The molecule has 13 heavy (non-hydrogen) atoms. The summed E-state index contributed by atoms with van der Waals surface area (Å²) >= 11 is 0. The van der Waals surface area contributed by atoms with E-state index in [1.807, 2.05) is 34.6 Å². The number of nitrogens with one attached hydrogen (secondary N) is 1. The van der Waals surface area contributed by atoms with E-state index in [-0.39, 0.29) is 24.0 Å². The molecule has 0 aliphatic carbocycles. The van der Waals surface area contributed by atoms with Crippen LogP contribution in [-0.4, -0.2) is 24.7 Å². The average molecular weight is 187 g/mol. The van der Waals surface area contributed by atoms with Crippen LogP contribution in [0.5, 0.6) is 0 Å². The maximum atomic E-state index is 11.5. The van der Waals surface area contributed by atoms with Crippen molar-refractivity contribution in [2.75, 3.05) is 6.61 Å². The van der Waals surface area contributed by atoms with E-state index in [9.17, 15) is 4.79 Å². The molecule has 1 atom stereocenters. The first-order chi connectivity index (χ1) is 5.99. The highest BCUT2D eigenvalue weighted by Crippen LogP contribution is 2.06. The molecule has 0 fully saturated rings. The molecule has 0 aliphatic rings. The highest BCUT2D eigenvalue weighted by atomic mass is 16.5. The van der Waals surface area contributed by atoms with Crippen LogP contribution in [0, 0.1) is 5.92 Å². The van der Waals surface area contributed by atoms with Crippen molar-refractivity contribution >= 4 is 5.91 Å². The molecular weight excluding hydrogens is 166 g/mol. The van der Waals surface area contributed by atoms with E-state index in [1.165, 1.54) is 0 Å². The van der Waals surface area contributed by atoms with Crippen molar-refractivity contribution in [1.29, 1.82) is 0 Å². The summed E-state index contributed by atoms with van der Waals surface area (Å²) in [6.45, 7) is 10.3. The largest absolute Gasteiger partial charge is 0.368 e. The molecule has 0 bridgehead atoms. The Morgan fingerprint density at radius 1 is 1.31 bits per heavy atom. The number of carbonyl (C=O) groups is 1. The lowest BCUT2D eigenvalue weighted by Crippen LogP contribution is -2.42. The summed E-state index contributed by atoms with van der Waals surface area (Å²) in [6, 6.07) is 0.175. The minimum Gasteiger partial charge on any atom is -0.368 e. The van der Waals surface area contributed by atoms with Crippen LogP contribution in [0.2, 0.25) is 0 Å². The molecule has 0 aliphatic heterocycles. The third-order valence-corrected chi connectivity index (χ3v) is 1.64. The Bertz CT molecular complexity index is 155. The molecule has 3 heteroatoms. The zero-order chi connectivity index (χ0) is 10.4. The van der Waals surface area contributed by atoms with Crippen LogP contribution in [0.1, 0.15) is 34.6 Å². The number of amides is 1. The number of ether oxygens (including phenoxy) is 1. The van der Waals surface area contributed by atoms with Crippen molar-refractivity contribution in [3.8, 4) is 0 Å². The van der Waals surface area contributed by atoms with Gasteiger partial charge in [-0.25, -0.2) is 0 Å². The molecular formula is C10H21NO2. The van der Waals surface area contributed by atoms with E-state index in [4.69, 9.17) is 4.74 Å². The first kappa shape index (κ1) is 12.4. The van der Waals surface area contributed by atoms with E-state index in [0.29, 0.717) is 6.61 Å². The summed E-state index contributed by atoms with van der Waals surface area (Å²) in [7, 11) is 0. The minimum atomic E-state index is -0.313. The van der Waals surface area contributed by atoms with Gasteiger partial charge in [-0.1, -0.05) is 13.8 Å². The summed E-state index contributed by atoms with van der Waals surface area (Å²) in [5, 5.41) is 2.85. The maximum absolute atomic E-state index is 11.5. The number of rotatable bonds is 5. The Kier molecular flexibility index (Phi) is 5.71. The minimum absolute atomic E-state index is 0.00755. The molecule has 0 rings (SSSR count). The smallest absolute Gasteiger partial charge is 0.249 e. The predicted octanol–water partition coefficient (Wildman–Crippen LogP) is 1.57. The molecule has 1 N–H and O–H groups in total. The number of hydrogen-bond donors (Lipinski definition) is 1. The first-order valence-electron chi connectivity index (χ1n) is 4.91. The standard InChI is InChI=1S/C10H21NO2/c1-6-13-9(7(2)3)10(12)11-8(4)5/h7-9H,6H2,1-5H3,(H,11,12). The lowest BCUT2D eigenvalue weighted by molar-refractivity contribution is -0.135. The van der Waals surface area contributed by atoms with Gasteiger partial charge in [-0.15, -0.1) is 0 Å². The predicted molar refractivity (Wildman–Crippen MR) is 53.5 cm³/mol. The van der Waals surface area contributed by atoms with Crippen molar-refractivity contribution in [1.82, 2.24) is 5.32 Å². The molecule has 1 amide bonds. The van der Waals surface area contributed by atoms with Gasteiger partial charge in [-0.2, -0.15) is 0 Å². The second kappa shape index (κ2) is 5.97. The molecule has 1 unspecified atom stereocenters. The molecule has 0 spiro atoms. The van der Waals surface area contributed by atoms with Crippen molar-refractivity contribution in [2.45, 2.75) is 46.8 Å². The third kappa shape index (κ3) is 4.88. The monoisotopic (exact) mass is 187 g/mol. The molecule has 0 saturated heterocycles. The van der Waals surface area contributed by atoms with Crippen LogP contribution >= 0.6 is 0 Å². The van der Waals surface area contributed by atoms with Gasteiger partial charge in [0, 0.05) is 12.6 Å². The van der Waals surface area contributed by atoms with Gasteiger partial charge >= 0.3 is 0 Å². The quantitative estimate of drug-likeness (QED) is 0.709. The molecule has 3 nitrogen and oxygen atoms in total. The Balaban J connectivity index is 4.11. The highest BCUT2D eigenvalue weighted by molar-refractivity contribution is 5.81. The fraction of sp³-hybridized carbons (Fsp3) is 0.900. The van der Waals surface area contributed by atoms with Crippen LogP contribution in [0.25, 0.3) is 0 Å². The van der Waals surface area contributed by atoms with Gasteiger partial charge in [-0.3, -0.25) is 4.79 Å². The Labute approximate surface area is 80.8 Å². The fourth-order valence-electron chi connectivity index (χ4n) is 1.12. The number of carbonyl (C=O) groups excluding carboxylic acids is 1. The zero-order valence-corrected chi connectivity index (χ0v) is 9.26. The number of hydrogen-bond acceptors (Lipinski definition) is 2. The Morgan fingerprint density at radius 2 is 1.85 bits per heavy atom. The third-order valence-electron chi connectivity index (χ3n) is 1.64. The van der Waals surface area contributed by atoms with Crippen LogP contribution in [-0.2, 0) is 9.53 Å². The molecule has 78 valence electrons. The van der Waals surface area contributed by atoms with Gasteiger partial charge in [0.1, 0.15) is 6.10 Å². The lowest BCUT2D eigenvalue weighted by Gasteiger charge is -2.21. The summed E-state index contributed by atoms with van der Waals surface area (Å²) in [6.07, 6.45) is -0.313. The van der Waals surface area contributed by atoms with Crippen LogP contribution in [0.15, 0.2) is 0 Å². The molecule has 0 radical (unpaired) electrons. The van der Waals surface area contributed by atoms with Crippen molar-refractivity contribution in [3.63, 3.8) is 0 Å². The van der Waals surface area contributed by atoms with Crippen LogP contribution in [0.3, 0.4) is 0 Å². The van der Waals surface area contributed by atoms with Crippen LogP contribution < -0.4 is 5.32 Å². The van der Waals surface area contributed by atoms with Gasteiger partial charge in [0.25, 0.3) is 0 Å². The van der Waals surface area contributed by atoms with Crippen LogP contribution in [0.4, 0.5) is 0 Å². The summed E-state index contributed by atoms with van der Waals surface area (Å²) < 4.78 is 5.35. The molecule has 0 aromatic heterocycles. The van der Waals surface area contributed by atoms with E-state index < -0.39 is 0 Å². The van der Waals surface area contributed by atoms with Crippen molar-refractivity contribution in [3.05, 3.63) is 0 Å². The highest BCUT2D eigenvalue weighted by Gasteiger charge is 2.22. The average Bonchev–Trinajstić information content (AvgIpc) is 1.97. The topological polar surface area (TPSA) is 38.3 Å². The maximum Gasteiger partial charge on any atom is 0.249 e.